The van der Waals surface area contributed by atoms with Crippen LogP contribution < -0.4 is 16.0 Å². The second-order valence-corrected chi connectivity index (χ2v) is 10.1. The zero-order valence-corrected chi connectivity index (χ0v) is 21.9. The molecule has 0 atom stereocenters. The van der Waals surface area contributed by atoms with Crippen LogP contribution in [0, 0.1) is 0 Å². The first-order valence-corrected chi connectivity index (χ1v) is 12.9. The van der Waals surface area contributed by atoms with E-state index in [0.717, 1.165) is 28.0 Å². The molecule has 186 valence electrons. The number of piperidine rings is 1. The number of nitrogens with two attached hydrogens (primary N) is 1. The van der Waals surface area contributed by atoms with Crippen LogP contribution in [0.25, 0.3) is 27.8 Å². The van der Waals surface area contributed by atoms with Crippen molar-refractivity contribution in [2.45, 2.75) is 25.3 Å². The Balaban J connectivity index is 1.64. The average Bonchev–Trinajstić information content (AvgIpc) is 3.24. The molecular formula is C26H25Cl3N6O. The van der Waals surface area contributed by atoms with E-state index >= 15 is 0 Å². The Bertz CT molecular complexity index is 1430. The molecule has 4 aromatic rings. The maximum Gasteiger partial charge on any atom is 0.237 e. The highest BCUT2D eigenvalue weighted by Gasteiger charge is 2.40. The van der Waals surface area contributed by atoms with Crippen molar-refractivity contribution in [3.05, 3.63) is 69.8 Å². The first-order valence-electron chi connectivity index (χ1n) is 11.7. The van der Waals surface area contributed by atoms with Gasteiger partial charge in [-0.15, -0.1) is 0 Å². The summed E-state index contributed by atoms with van der Waals surface area (Å²) < 4.78 is 1.83. The molecular weight excluding hydrogens is 519 g/mol. The molecule has 3 heterocycles. The quantitative estimate of drug-likeness (QED) is 0.336. The Hall–Kier alpha value is -2.84. The Labute approximate surface area is 224 Å². The number of carbonyl (C=O) groups excluding carboxylic acids is 1. The summed E-state index contributed by atoms with van der Waals surface area (Å²) in [4.78, 5) is 19.1. The smallest absolute Gasteiger partial charge is 0.237 e. The zero-order chi connectivity index (χ0) is 25.4. The summed E-state index contributed by atoms with van der Waals surface area (Å²) in [5, 5.41) is 10.9. The number of hydrogen-bond acceptors (Lipinski definition) is 5. The number of amides is 1. The van der Waals surface area contributed by atoms with Gasteiger partial charge in [0.2, 0.25) is 5.91 Å². The standard InChI is InChI=1S/C26H25Cl3N6O/c1-2-32-26(25(30)36)10-13-34(14-11-26)24-22-19(9-12-31-24)23(16-3-5-17(27)6-4-16)35(33-22)21-8-7-18(28)15-20(21)29/h3-9,12,15,32H,2,10-11,13-14H2,1H3,(H2,30,36). The zero-order valence-electron chi connectivity index (χ0n) is 19.6. The van der Waals surface area contributed by atoms with Crippen LogP contribution in [0.5, 0.6) is 0 Å². The van der Waals surface area contributed by atoms with Crippen LogP contribution in [0.4, 0.5) is 5.82 Å². The van der Waals surface area contributed by atoms with Gasteiger partial charge < -0.3 is 16.0 Å². The minimum absolute atomic E-state index is 0.318. The van der Waals surface area contributed by atoms with E-state index in [2.05, 4.69) is 10.2 Å². The number of primary amides is 1. The van der Waals surface area contributed by atoms with Gasteiger partial charge in [0.25, 0.3) is 0 Å². The molecule has 0 aliphatic carbocycles. The molecule has 2 aromatic carbocycles. The van der Waals surface area contributed by atoms with Crippen molar-refractivity contribution in [1.82, 2.24) is 20.1 Å². The first kappa shape index (κ1) is 24.8. The van der Waals surface area contributed by atoms with Gasteiger partial charge in [-0.2, -0.15) is 5.10 Å². The number of hydrogen-bond donors (Lipinski definition) is 2. The Morgan fingerprint density at radius 1 is 1.06 bits per heavy atom. The Morgan fingerprint density at radius 3 is 2.39 bits per heavy atom. The molecule has 3 N–H and O–H groups in total. The number of likely N-dealkylation sites (N-methyl/N-ethyl adjacent to an activating group) is 1. The number of nitrogens with zero attached hydrogens (tertiary/aromatic N) is 4. The molecule has 1 aliphatic rings. The number of aromatic nitrogens is 3. The van der Waals surface area contributed by atoms with Crippen molar-refractivity contribution in [1.29, 1.82) is 0 Å². The highest BCUT2D eigenvalue weighted by atomic mass is 35.5. The highest BCUT2D eigenvalue weighted by molar-refractivity contribution is 6.35. The van der Waals surface area contributed by atoms with Gasteiger partial charge >= 0.3 is 0 Å². The van der Waals surface area contributed by atoms with Gasteiger partial charge in [-0.3, -0.25) is 4.79 Å². The van der Waals surface area contributed by atoms with Crippen molar-refractivity contribution in [2.24, 2.45) is 5.73 Å². The average molecular weight is 544 g/mol. The highest BCUT2D eigenvalue weighted by Crippen LogP contribution is 2.38. The lowest BCUT2D eigenvalue weighted by Crippen LogP contribution is -2.61. The molecule has 0 unspecified atom stereocenters. The van der Waals surface area contributed by atoms with Gasteiger partial charge in [-0.1, -0.05) is 53.9 Å². The molecule has 10 heteroatoms. The lowest BCUT2D eigenvalue weighted by atomic mass is 9.86. The number of rotatable bonds is 6. The van der Waals surface area contributed by atoms with Crippen molar-refractivity contribution in [3.8, 4) is 16.9 Å². The van der Waals surface area contributed by atoms with E-state index in [1.54, 1.807) is 18.3 Å². The summed E-state index contributed by atoms with van der Waals surface area (Å²) in [7, 11) is 0. The summed E-state index contributed by atoms with van der Waals surface area (Å²) in [5.74, 6) is 0.433. The van der Waals surface area contributed by atoms with Crippen LogP contribution in [0.2, 0.25) is 15.1 Å². The van der Waals surface area contributed by atoms with E-state index in [0.29, 0.717) is 53.2 Å². The largest absolute Gasteiger partial charge is 0.368 e. The van der Waals surface area contributed by atoms with Crippen LogP contribution in [-0.4, -0.2) is 45.8 Å². The molecule has 1 saturated heterocycles. The third kappa shape index (κ3) is 4.41. The minimum Gasteiger partial charge on any atom is -0.368 e. The number of pyridine rings is 1. The van der Waals surface area contributed by atoms with Gasteiger partial charge in [0.15, 0.2) is 5.82 Å². The van der Waals surface area contributed by atoms with Gasteiger partial charge in [-0.05, 0) is 55.8 Å². The van der Waals surface area contributed by atoms with Crippen LogP contribution in [0.3, 0.4) is 0 Å². The number of anilines is 1. The molecule has 1 amide bonds. The molecule has 1 aliphatic heterocycles. The van der Waals surface area contributed by atoms with Crippen molar-refractivity contribution in [2.75, 3.05) is 24.5 Å². The van der Waals surface area contributed by atoms with E-state index in [9.17, 15) is 4.79 Å². The van der Waals surface area contributed by atoms with E-state index in [4.69, 9.17) is 50.6 Å². The van der Waals surface area contributed by atoms with Gasteiger partial charge in [0.1, 0.15) is 11.1 Å². The third-order valence-electron chi connectivity index (χ3n) is 6.73. The molecule has 0 bridgehead atoms. The second-order valence-electron chi connectivity index (χ2n) is 8.86. The molecule has 1 fully saturated rings. The number of nitrogens with one attached hydrogen (secondary N) is 1. The second kappa shape index (κ2) is 9.90. The summed E-state index contributed by atoms with van der Waals surface area (Å²) >= 11 is 19.0. The normalized spacial score (nSPS) is 15.4. The molecule has 0 spiro atoms. The minimum atomic E-state index is -0.705. The molecule has 36 heavy (non-hydrogen) atoms. The fourth-order valence-electron chi connectivity index (χ4n) is 4.89. The summed E-state index contributed by atoms with van der Waals surface area (Å²) in [5.41, 5.74) is 8.30. The van der Waals surface area contributed by atoms with Crippen LogP contribution in [0.15, 0.2) is 54.7 Å². The van der Waals surface area contributed by atoms with E-state index in [1.165, 1.54) is 0 Å². The van der Waals surface area contributed by atoms with Crippen molar-refractivity contribution >= 4 is 57.4 Å². The lowest BCUT2D eigenvalue weighted by Gasteiger charge is -2.40. The Kier molecular flexibility index (Phi) is 6.83. The number of carbonyl (C=O) groups is 1. The maximum absolute atomic E-state index is 12.2. The lowest BCUT2D eigenvalue weighted by molar-refractivity contribution is -0.125. The van der Waals surface area contributed by atoms with Gasteiger partial charge in [0, 0.05) is 40.3 Å². The molecule has 7 nitrogen and oxygen atoms in total. The topological polar surface area (TPSA) is 89.1 Å². The first-order chi connectivity index (χ1) is 17.3. The predicted octanol–water partition coefficient (Wildman–Crippen LogP) is 5.48. The van der Waals surface area contributed by atoms with Crippen molar-refractivity contribution in [3.63, 3.8) is 0 Å². The predicted molar refractivity (Wildman–Crippen MR) is 146 cm³/mol. The molecule has 0 radical (unpaired) electrons. The van der Waals surface area contributed by atoms with Gasteiger partial charge in [0.05, 0.1) is 16.4 Å². The summed E-state index contributed by atoms with van der Waals surface area (Å²) in [6.07, 6.45) is 2.96. The maximum atomic E-state index is 12.2. The van der Waals surface area contributed by atoms with E-state index in [-0.39, 0.29) is 5.91 Å². The number of fused-ring (bicyclic) bond motifs is 1. The number of benzene rings is 2. The van der Waals surface area contributed by atoms with Gasteiger partial charge in [-0.25, -0.2) is 9.67 Å². The fourth-order valence-corrected chi connectivity index (χ4v) is 5.50. The van der Waals surface area contributed by atoms with Crippen LogP contribution in [0.1, 0.15) is 19.8 Å². The molecule has 0 saturated carbocycles. The SMILES string of the molecule is CCNC1(C(N)=O)CCN(c2nccc3c(-c4ccc(Cl)cc4)n(-c4ccc(Cl)cc4Cl)nc23)CC1. The molecule has 5 rings (SSSR count). The van der Waals surface area contributed by atoms with E-state index < -0.39 is 5.54 Å². The van der Waals surface area contributed by atoms with Crippen molar-refractivity contribution < 1.29 is 4.79 Å². The Morgan fingerprint density at radius 2 is 1.75 bits per heavy atom. The fraction of sp³-hybridized carbons (Fsp3) is 0.269. The third-order valence-corrected chi connectivity index (χ3v) is 7.52. The van der Waals surface area contributed by atoms with Crippen LogP contribution >= 0.6 is 34.8 Å². The monoisotopic (exact) mass is 542 g/mol. The summed E-state index contributed by atoms with van der Waals surface area (Å²) in [6.45, 7) is 3.89. The van der Waals surface area contributed by atoms with Crippen LogP contribution in [-0.2, 0) is 4.79 Å². The van der Waals surface area contributed by atoms with E-state index in [1.807, 2.05) is 48.0 Å². The molecule has 2 aromatic heterocycles. The number of halogens is 3. The summed E-state index contributed by atoms with van der Waals surface area (Å²) in [6, 6.07) is 14.9.